The molecule has 1 saturated heterocycles. The molecule has 2 N–H and O–H groups in total. The summed E-state index contributed by atoms with van der Waals surface area (Å²) < 4.78 is 0. The van der Waals surface area contributed by atoms with Crippen molar-refractivity contribution in [3.05, 3.63) is 54.6 Å². The fourth-order valence-electron chi connectivity index (χ4n) is 2.85. The van der Waals surface area contributed by atoms with Gasteiger partial charge >= 0.3 is 6.03 Å². The molecule has 0 spiro atoms. The Hall–Kier alpha value is -3.15. The van der Waals surface area contributed by atoms with E-state index in [2.05, 4.69) is 10.6 Å². The van der Waals surface area contributed by atoms with E-state index < -0.39 is 17.5 Å². The van der Waals surface area contributed by atoms with Crippen molar-refractivity contribution in [2.45, 2.75) is 25.8 Å². The maximum absolute atomic E-state index is 12.3. The van der Waals surface area contributed by atoms with Crippen LogP contribution >= 0.6 is 0 Å². The van der Waals surface area contributed by atoms with E-state index in [1.807, 2.05) is 49.4 Å². The lowest BCUT2D eigenvalue weighted by atomic mass is 9.99. The van der Waals surface area contributed by atoms with Crippen molar-refractivity contribution in [1.82, 2.24) is 10.2 Å². The number of rotatable bonds is 5. The molecule has 0 unspecified atom stereocenters. The fourth-order valence-corrected chi connectivity index (χ4v) is 2.85. The van der Waals surface area contributed by atoms with Crippen LogP contribution in [0.1, 0.15) is 20.3 Å². The zero-order valence-corrected chi connectivity index (χ0v) is 14.8. The van der Waals surface area contributed by atoms with Crippen LogP contribution in [0.2, 0.25) is 0 Å². The Bertz CT molecular complexity index is 833. The van der Waals surface area contributed by atoms with E-state index in [9.17, 15) is 14.4 Å². The quantitative estimate of drug-likeness (QED) is 0.813. The Kier molecular flexibility index (Phi) is 4.75. The Morgan fingerprint density at radius 1 is 1.04 bits per heavy atom. The number of anilines is 1. The summed E-state index contributed by atoms with van der Waals surface area (Å²) in [6, 6.07) is 16.8. The highest BCUT2D eigenvalue weighted by Crippen LogP contribution is 2.22. The number of carbonyl (C=O) groups excluding carboxylic acids is 3. The number of nitrogens with one attached hydrogen (secondary N) is 2. The van der Waals surface area contributed by atoms with Crippen LogP contribution in [0.15, 0.2) is 54.6 Å². The van der Waals surface area contributed by atoms with Crippen molar-refractivity contribution in [2.75, 3.05) is 11.9 Å². The van der Waals surface area contributed by atoms with Gasteiger partial charge in [0.15, 0.2) is 0 Å². The first-order chi connectivity index (χ1) is 12.4. The van der Waals surface area contributed by atoms with Crippen LogP contribution < -0.4 is 10.6 Å². The Morgan fingerprint density at radius 2 is 1.65 bits per heavy atom. The molecule has 0 aromatic heterocycles. The highest BCUT2D eigenvalue weighted by molar-refractivity contribution is 6.09. The van der Waals surface area contributed by atoms with Crippen LogP contribution in [0.3, 0.4) is 0 Å². The third kappa shape index (κ3) is 3.44. The molecule has 134 valence electrons. The van der Waals surface area contributed by atoms with Gasteiger partial charge in [-0.25, -0.2) is 4.79 Å². The van der Waals surface area contributed by atoms with Gasteiger partial charge in [-0.2, -0.15) is 0 Å². The van der Waals surface area contributed by atoms with E-state index in [4.69, 9.17) is 0 Å². The average Bonchev–Trinajstić information content (AvgIpc) is 2.87. The SMILES string of the molecule is CC[C@]1(C)NC(=O)N(CC(=O)Nc2ccc(-c3ccccc3)cc2)C1=O. The molecule has 1 fully saturated rings. The summed E-state index contributed by atoms with van der Waals surface area (Å²) in [6.07, 6.45) is 0.469. The minimum atomic E-state index is -0.936. The van der Waals surface area contributed by atoms with E-state index in [-0.39, 0.29) is 12.5 Å². The molecule has 0 radical (unpaired) electrons. The van der Waals surface area contributed by atoms with Gasteiger partial charge in [0.1, 0.15) is 12.1 Å². The minimum Gasteiger partial charge on any atom is -0.325 e. The van der Waals surface area contributed by atoms with Gasteiger partial charge in [-0.1, -0.05) is 49.4 Å². The van der Waals surface area contributed by atoms with Gasteiger partial charge in [-0.3, -0.25) is 14.5 Å². The number of carbonyl (C=O) groups is 3. The first-order valence-electron chi connectivity index (χ1n) is 8.52. The van der Waals surface area contributed by atoms with Gasteiger partial charge in [0.05, 0.1) is 0 Å². The Balaban J connectivity index is 1.64. The molecule has 2 aromatic carbocycles. The predicted molar refractivity (Wildman–Crippen MR) is 99.4 cm³/mol. The number of amides is 4. The summed E-state index contributed by atoms with van der Waals surface area (Å²) in [7, 11) is 0. The molecule has 2 aromatic rings. The third-order valence-corrected chi connectivity index (χ3v) is 4.63. The number of urea groups is 1. The zero-order chi connectivity index (χ0) is 18.7. The summed E-state index contributed by atoms with van der Waals surface area (Å²) in [5.41, 5.74) is 1.80. The summed E-state index contributed by atoms with van der Waals surface area (Å²) in [6.45, 7) is 3.17. The monoisotopic (exact) mass is 351 g/mol. The maximum Gasteiger partial charge on any atom is 0.325 e. The summed E-state index contributed by atoms with van der Waals surface area (Å²) >= 11 is 0. The molecule has 1 aliphatic heterocycles. The smallest absolute Gasteiger partial charge is 0.325 e. The second kappa shape index (κ2) is 7.00. The van der Waals surface area contributed by atoms with Crippen LogP contribution in [-0.2, 0) is 9.59 Å². The highest BCUT2D eigenvalue weighted by Gasteiger charge is 2.46. The normalized spacial score (nSPS) is 19.4. The molecule has 6 heteroatoms. The lowest BCUT2D eigenvalue weighted by Gasteiger charge is -2.19. The third-order valence-electron chi connectivity index (χ3n) is 4.63. The van der Waals surface area contributed by atoms with Gasteiger partial charge < -0.3 is 10.6 Å². The van der Waals surface area contributed by atoms with Crippen LogP contribution in [0.4, 0.5) is 10.5 Å². The van der Waals surface area contributed by atoms with Gasteiger partial charge in [0.2, 0.25) is 5.91 Å². The molecule has 6 nitrogen and oxygen atoms in total. The molecule has 0 saturated carbocycles. The number of benzene rings is 2. The van der Waals surface area contributed by atoms with E-state index in [0.29, 0.717) is 12.1 Å². The van der Waals surface area contributed by atoms with Crippen molar-refractivity contribution >= 4 is 23.5 Å². The standard InChI is InChI=1S/C20H21N3O3/c1-3-20(2)18(25)23(19(26)22-20)13-17(24)21-16-11-9-15(10-12-16)14-7-5-4-6-8-14/h4-12H,3,13H2,1-2H3,(H,21,24)(H,22,26)/t20-/m0/s1. The van der Waals surface area contributed by atoms with Crippen LogP contribution in [-0.4, -0.2) is 34.8 Å². The predicted octanol–water partition coefficient (Wildman–Crippen LogP) is 3.01. The topological polar surface area (TPSA) is 78.5 Å². The molecule has 4 amide bonds. The fraction of sp³-hybridized carbons (Fsp3) is 0.250. The first kappa shape index (κ1) is 17.7. The number of imide groups is 1. The van der Waals surface area contributed by atoms with Crippen molar-refractivity contribution in [1.29, 1.82) is 0 Å². The lowest BCUT2D eigenvalue weighted by Crippen LogP contribution is -2.44. The van der Waals surface area contributed by atoms with E-state index in [1.54, 1.807) is 19.1 Å². The molecule has 3 rings (SSSR count). The molecule has 0 bridgehead atoms. The molecule has 1 heterocycles. The lowest BCUT2D eigenvalue weighted by molar-refractivity contribution is -0.133. The summed E-state index contributed by atoms with van der Waals surface area (Å²) in [5, 5.41) is 5.35. The average molecular weight is 351 g/mol. The first-order valence-corrected chi connectivity index (χ1v) is 8.52. The Labute approximate surface area is 152 Å². The van der Waals surface area contributed by atoms with Crippen LogP contribution in [0, 0.1) is 0 Å². The molecule has 0 aliphatic carbocycles. The second-order valence-electron chi connectivity index (χ2n) is 6.50. The molecule has 1 atom stereocenters. The van der Waals surface area contributed by atoms with E-state index in [1.165, 1.54) is 0 Å². The summed E-state index contributed by atoms with van der Waals surface area (Å²) in [4.78, 5) is 37.5. The molecular formula is C20H21N3O3. The number of hydrogen-bond acceptors (Lipinski definition) is 3. The molecule has 26 heavy (non-hydrogen) atoms. The van der Waals surface area contributed by atoms with Crippen LogP contribution in [0.25, 0.3) is 11.1 Å². The largest absolute Gasteiger partial charge is 0.325 e. The van der Waals surface area contributed by atoms with Crippen molar-refractivity contribution in [2.24, 2.45) is 0 Å². The molecule has 1 aliphatic rings. The molecular weight excluding hydrogens is 330 g/mol. The zero-order valence-electron chi connectivity index (χ0n) is 14.8. The minimum absolute atomic E-state index is 0.305. The van der Waals surface area contributed by atoms with Gasteiger partial charge in [-0.05, 0) is 36.6 Å². The van der Waals surface area contributed by atoms with Crippen molar-refractivity contribution < 1.29 is 14.4 Å². The van der Waals surface area contributed by atoms with Gasteiger partial charge in [0.25, 0.3) is 5.91 Å². The maximum atomic E-state index is 12.3. The number of nitrogens with zero attached hydrogens (tertiary/aromatic N) is 1. The van der Waals surface area contributed by atoms with E-state index >= 15 is 0 Å². The van der Waals surface area contributed by atoms with Crippen molar-refractivity contribution in [3.8, 4) is 11.1 Å². The van der Waals surface area contributed by atoms with Crippen LogP contribution in [0.5, 0.6) is 0 Å². The van der Waals surface area contributed by atoms with E-state index in [0.717, 1.165) is 16.0 Å². The summed E-state index contributed by atoms with van der Waals surface area (Å²) in [5.74, 6) is -0.791. The van der Waals surface area contributed by atoms with Crippen molar-refractivity contribution in [3.63, 3.8) is 0 Å². The van der Waals surface area contributed by atoms with Gasteiger partial charge in [0, 0.05) is 5.69 Å². The van der Waals surface area contributed by atoms with Gasteiger partial charge in [-0.15, -0.1) is 0 Å². The number of hydrogen-bond donors (Lipinski definition) is 2. The second-order valence-corrected chi connectivity index (χ2v) is 6.50. The Morgan fingerprint density at radius 3 is 2.23 bits per heavy atom. The highest BCUT2D eigenvalue weighted by atomic mass is 16.2.